The number of primary amides is 1. The minimum Gasteiger partial charge on any atom is -0.485 e. The highest BCUT2D eigenvalue weighted by Gasteiger charge is 2.26. The second-order valence-electron chi connectivity index (χ2n) is 10.3. The first-order chi connectivity index (χ1) is 18.6. The van der Waals surface area contributed by atoms with Crippen molar-refractivity contribution < 1.29 is 23.9 Å². The molecule has 1 atom stereocenters. The van der Waals surface area contributed by atoms with E-state index in [1.807, 2.05) is 32.0 Å². The molecule has 202 valence electrons. The van der Waals surface area contributed by atoms with E-state index in [9.17, 15) is 14.4 Å². The lowest BCUT2D eigenvalue weighted by atomic mass is 10.0. The first kappa shape index (κ1) is 26.7. The van der Waals surface area contributed by atoms with Gasteiger partial charge in [0.05, 0.1) is 11.1 Å². The maximum absolute atomic E-state index is 13.4. The highest BCUT2D eigenvalue weighted by Crippen LogP contribution is 2.41. The van der Waals surface area contributed by atoms with E-state index >= 15 is 0 Å². The molecular weight excluding hydrogens is 518 g/mol. The fourth-order valence-corrected chi connectivity index (χ4v) is 4.77. The lowest BCUT2D eigenvalue weighted by molar-refractivity contribution is -0.150. The number of carbonyl (C=O) groups is 3. The van der Waals surface area contributed by atoms with Gasteiger partial charge in [-0.1, -0.05) is 43.6 Å². The molecule has 8 nitrogen and oxygen atoms in total. The zero-order chi connectivity index (χ0) is 27.8. The van der Waals surface area contributed by atoms with E-state index in [1.165, 1.54) is 5.56 Å². The SMILES string of the molecule is CC(C)C(N)C(=O)OCn1cc(C(=O)COc2cc3ccc(Cl)cc3cc2C(N)=O)c2ccc(C3CC3)cc21. The van der Waals surface area contributed by atoms with Crippen LogP contribution in [0.2, 0.25) is 5.02 Å². The van der Waals surface area contributed by atoms with Crippen molar-refractivity contribution >= 4 is 50.9 Å². The molecule has 0 radical (unpaired) electrons. The standard InChI is InChI=1S/C30H30ClN3O5/c1-16(2)28(32)30(37)39-15-34-13-24(22-8-6-18(11-25(22)34)17-3-4-17)26(35)14-38-27-12-19-5-7-21(31)9-20(19)10-23(27)29(33)36/h5-13,16-17,28H,3-4,14-15,32H2,1-2H3,(H2,33,36). The number of rotatable bonds is 10. The number of hydrogen-bond acceptors (Lipinski definition) is 6. The average Bonchev–Trinajstić information content (AvgIpc) is 3.70. The number of carbonyl (C=O) groups excluding carboxylic acids is 3. The average molecular weight is 548 g/mol. The summed E-state index contributed by atoms with van der Waals surface area (Å²) in [5.41, 5.74) is 14.1. The van der Waals surface area contributed by atoms with Crippen molar-refractivity contribution in [2.24, 2.45) is 17.4 Å². The first-order valence-corrected chi connectivity index (χ1v) is 13.2. The number of halogens is 1. The predicted octanol–water partition coefficient (Wildman–Crippen LogP) is 5.17. The fraction of sp³-hybridized carbons (Fsp3) is 0.300. The molecule has 3 aromatic carbocycles. The Bertz CT molecular complexity index is 1610. The van der Waals surface area contributed by atoms with Crippen molar-refractivity contribution in [1.82, 2.24) is 4.57 Å². The van der Waals surface area contributed by atoms with Crippen LogP contribution in [0.1, 0.15) is 58.9 Å². The van der Waals surface area contributed by atoms with Crippen LogP contribution in [-0.4, -0.2) is 34.9 Å². The molecule has 39 heavy (non-hydrogen) atoms. The summed E-state index contributed by atoms with van der Waals surface area (Å²) in [6.07, 6.45) is 3.92. The van der Waals surface area contributed by atoms with E-state index in [1.54, 1.807) is 41.1 Å². The van der Waals surface area contributed by atoms with Crippen molar-refractivity contribution in [3.8, 4) is 5.75 Å². The van der Waals surface area contributed by atoms with Crippen LogP contribution in [0.15, 0.2) is 54.7 Å². The molecule has 1 aliphatic rings. The number of hydrogen-bond donors (Lipinski definition) is 2. The molecule has 1 heterocycles. The Hall–Kier alpha value is -3.88. The van der Waals surface area contributed by atoms with E-state index in [2.05, 4.69) is 0 Å². The van der Waals surface area contributed by atoms with E-state index in [0.29, 0.717) is 16.5 Å². The Morgan fingerprint density at radius 3 is 2.49 bits per heavy atom. The molecule has 1 aromatic heterocycles. The molecule has 1 unspecified atom stereocenters. The van der Waals surface area contributed by atoms with Gasteiger partial charge in [-0.05, 0) is 71.3 Å². The number of nitrogens with zero attached hydrogens (tertiary/aromatic N) is 1. The number of Topliss-reactive ketones (excluding diaryl/α,β-unsaturated/α-hetero) is 1. The second kappa shape index (κ2) is 10.7. The van der Waals surface area contributed by atoms with Gasteiger partial charge in [0.15, 0.2) is 13.3 Å². The molecule has 0 spiro atoms. The van der Waals surface area contributed by atoms with Crippen LogP contribution in [-0.2, 0) is 16.3 Å². The molecule has 1 fully saturated rings. The molecule has 9 heteroatoms. The Kier molecular flexibility index (Phi) is 7.34. The summed E-state index contributed by atoms with van der Waals surface area (Å²) in [4.78, 5) is 37.9. The quantitative estimate of drug-likeness (QED) is 0.208. The third kappa shape index (κ3) is 5.62. The second-order valence-corrected chi connectivity index (χ2v) is 10.8. The fourth-order valence-electron chi connectivity index (χ4n) is 4.59. The molecule has 0 aliphatic heterocycles. The lowest BCUT2D eigenvalue weighted by Gasteiger charge is -2.15. The van der Waals surface area contributed by atoms with E-state index in [0.717, 1.165) is 34.5 Å². The zero-order valence-corrected chi connectivity index (χ0v) is 22.5. The summed E-state index contributed by atoms with van der Waals surface area (Å²) >= 11 is 6.08. The number of ketones is 1. The van der Waals surface area contributed by atoms with Gasteiger partial charge in [-0.25, -0.2) is 0 Å². The van der Waals surface area contributed by atoms with E-state index in [4.69, 9.17) is 32.5 Å². The van der Waals surface area contributed by atoms with Crippen LogP contribution in [0, 0.1) is 5.92 Å². The summed E-state index contributed by atoms with van der Waals surface area (Å²) < 4.78 is 13.1. The molecule has 1 aliphatic carbocycles. The van der Waals surface area contributed by atoms with Gasteiger partial charge in [0.2, 0.25) is 5.78 Å². The maximum Gasteiger partial charge on any atom is 0.324 e. The number of aromatic nitrogens is 1. The van der Waals surface area contributed by atoms with Gasteiger partial charge in [0, 0.05) is 22.2 Å². The van der Waals surface area contributed by atoms with Crippen molar-refractivity contribution in [2.45, 2.75) is 45.4 Å². The van der Waals surface area contributed by atoms with Gasteiger partial charge in [-0.3, -0.25) is 14.4 Å². The number of amides is 1. The van der Waals surface area contributed by atoms with Gasteiger partial charge in [0.25, 0.3) is 5.91 Å². The lowest BCUT2D eigenvalue weighted by Crippen LogP contribution is -2.37. The molecule has 5 rings (SSSR count). The predicted molar refractivity (Wildman–Crippen MR) is 150 cm³/mol. The molecule has 1 saturated carbocycles. The third-order valence-electron chi connectivity index (χ3n) is 7.12. The van der Waals surface area contributed by atoms with E-state index in [-0.39, 0.29) is 36.4 Å². The number of esters is 1. The van der Waals surface area contributed by atoms with Crippen LogP contribution in [0.5, 0.6) is 5.75 Å². The molecule has 4 N–H and O–H groups in total. The molecular formula is C30H30ClN3O5. The molecule has 0 bridgehead atoms. The monoisotopic (exact) mass is 547 g/mol. The molecule has 1 amide bonds. The summed E-state index contributed by atoms with van der Waals surface area (Å²) in [6.45, 7) is 3.31. The normalized spacial score (nSPS) is 14.1. The van der Waals surface area contributed by atoms with Gasteiger partial charge in [-0.15, -0.1) is 0 Å². The molecule has 4 aromatic rings. The van der Waals surface area contributed by atoms with Crippen LogP contribution >= 0.6 is 11.6 Å². The third-order valence-corrected chi connectivity index (χ3v) is 7.35. The number of ether oxygens (including phenoxy) is 2. The minimum absolute atomic E-state index is 0.0629. The Balaban J connectivity index is 1.42. The highest BCUT2D eigenvalue weighted by atomic mass is 35.5. The Labute approximate surface area is 230 Å². The van der Waals surface area contributed by atoms with Crippen LogP contribution in [0.25, 0.3) is 21.7 Å². The first-order valence-electron chi connectivity index (χ1n) is 12.9. The van der Waals surface area contributed by atoms with Crippen LogP contribution in [0.3, 0.4) is 0 Å². The molecule has 0 saturated heterocycles. The largest absolute Gasteiger partial charge is 0.485 e. The van der Waals surface area contributed by atoms with Gasteiger partial charge in [-0.2, -0.15) is 0 Å². The summed E-state index contributed by atoms with van der Waals surface area (Å²) in [5.74, 6) is -0.820. The summed E-state index contributed by atoms with van der Waals surface area (Å²) in [6, 6.07) is 13.8. The van der Waals surface area contributed by atoms with Gasteiger partial charge in [0.1, 0.15) is 11.8 Å². The Morgan fingerprint density at radius 2 is 1.79 bits per heavy atom. The summed E-state index contributed by atoms with van der Waals surface area (Å²) in [5, 5.41) is 2.77. The van der Waals surface area contributed by atoms with Gasteiger partial charge >= 0.3 is 5.97 Å². The topological polar surface area (TPSA) is 127 Å². The smallest absolute Gasteiger partial charge is 0.324 e. The zero-order valence-electron chi connectivity index (χ0n) is 21.8. The van der Waals surface area contributed by atoms with Crippen molar-refractivity contribution in [2.75, 3.05) is 6.61 Å². The maximum atomic E-state index is 13.4. The Morgan fingerprint density at radius 1 is 1.03 bits per heavy atom. The van der Waals surface area contributed by atoms with Crippen molar-refractivity contribution in [1.29, 1.82) is 0 Å². The highest BCUT2D eigenvalue weighted by molar-refractivity contribution is 6.31. The van der Waals surface area contributed by atoms with Crippen LogP contribution < -0.4 is 16.2 Å². The van der Waals surface area contributed by atoms with E-state index < -0.39 is 17.9 Å². The van der Waals surface area contributed by atoms with Crippen molar-refractivity contribution in [3.05, 3.63) is 76.4 Å². The number of benzene rings is 3. The van der Waals surface area contributed by atoms with Crippen LogP contribution in [0.4, 0.5) is 0 Å². The minimum atomic E-state index is -0.735. The van der Waals surface area contributed by atoms with Crippen molar-refractivity contribution in [3.63, 3.8) is 0 Å². The number of fused-ring (bicyclic) bond motifs is 2. The summed E-state index contributed by atoms with van der Waals surface area (Å²) in [7, 11) is 0. The number of nitrogens with two attached hydrogens (primary N) is 2. The van der Waals surface area contributed by atoms with Gasteiger partial charge < -0.3 is 25.5 Å².